The maximum Gasteiger partial charge on any atom is 0.408 e. The predicted molar refractivity (Wildman–Crippen MR) is 136 cm³/mol. The lowest BCUT2D eigenvalue weighted by molar-refractivity contribution is -0.145. The van der Waals surface area contributed by atoms with Crippen molar-refractivity contribution in [3.05, 3.63) is 70.8 Å². The topological polar surface area (TPSA) is 87.7 Å². The maximum atomic E-state index is 13.7. The molecule has 2 N–H and O–H groups in total. The lowest BCUT2D eigenvalue weighted by Gasteiger charge is -2.42. The summed E-state index contributed by atoms with van der Waals surface area (Å²) in [6.45, 7) is 9.35. The molecule has 7 nitrogen and oxygen atoms in total. The molecule has 2 aromatic carbocycles. The zero-order valence-corrected chi connectivity index (χ0v) is 21.4. The molecule has 2 aromatic rings. The average molecular weight is 480 g/mol. The second-order valence-corrected chi connectivity index (χ2v) is 10.2. The molecular formula is C28H37N3O4. The smallest absolute Gasteiger partial charge is 0.408 e. The second kappa shape index (κ2) is 11.4. The van der Waals surface area contributed by atoms with E-state index in [-0.39, 0.29) is 24.4 Å². The SMILES string of the molecule is Cc1ccc(C)c(C(C(=O)NCc2ccccc2)N(C(=O)CNC(=O)OC(C)(C)C)C2CCC2)c1. The van der Waals surface area contributed by atoms with Gasteiger partial charge in [-0.2, -0.15) is 0 Å². The van der Waals surface area contributed by atoms with E-state index in [2.05, 4.69) is 10.6 Å². The Balaban J connectivity index is 1.88. The Morgan fingerprint density at radius 3 is 2.31 bits per heavy atom. The molecule has 1 aliphatic carbocycles. The van der Waals surface area contributed by atoms with Crippen LogP contribution in [0.1, 0.15) is 68.3 Å². The van der Waals surface area contributed by atoms with Crippen molar-refractivity contribution in [2.24, 2.45) is 0 Å². The van der Waals surface area contributed by atoms with E-state index < -0.39 is 17.7 Å². The van der Waals surface area contributed by atoms with Crippen LogP contribution in [0, 0.1) is 13.8 Å². The van der Waals surface area contributed by atoms with E-state index in [9.17, 15) is 14.4 Å². The van der Waals surface area contributed by atoms with Crippen LogP contribution in [0.4, 0.5) is 4.79 Å². The molecule has 0 bridgehead atoms. The molecule has 0 aliphatic heterocycles. The van der Waals surface area contributed by atoms with Gasteiger partial charge >= 0.3 is 6.09 Å². The van der Waals surface area contributed by atoms with Gasteiger partial charge in [0.15, 0.2) is 0 Å². The summed E-state index contributed by atoms with van der Waals surface area (Å²) in [4.78, 5) is 41.0. The first-order valence-corrected chi connectivity index (χ1v) is 12.2. The highest BCUT2D eigenvalue weighted by Gasteiger charge is 2.39. The number of rotatable bonds is 8. The molecule has 1 atom stereocenters. The van der Waals surface area contributed by atoms with Gasteiger partial charge < -0.3 is 20.3 Å². The quantitative estimate of drug-likeness (QED) is 0.581. The van der Waals surface area contributed by atoms with Crippen LogP contribution in [0.3, 0.4) is 0 Å². The Labute approximate surface area is 208 Å². The summed E-state index contributed by atoms with van der Waals surface area (Å²) in [5, 5.41) is 5.60. The van der Waals surface area contributed by atoms with Gasteiger partial charge in [0.1, 0.15) is 18.2 Å². The number of carbonyl (C=O) groups is 3. The van der Waals surface area contributed by atoms with Gasteiger partial charge in [0, 0.05) is 12.6 Å². The summed E-state index contributed by atoms with van der Waals surface area (Å²) in [5.74, 6) is -0.540. The molecule has 0 spiro atoms. The average Bonchev–Trinajstić information content (AvgIpc) is 2.76. The van der Waals surface area contributed by atoms with Gasteiger partial charge in [-0.25, -0.2) is 4.79 Å². The van der Waals surface area contributed by atoms with Crippen LogP contribution in [-0.2, 0) is 20.9 Å². The van der Waals surface area contributed by atoms with Crippen molar-refractivity contribution in [1.82, 2.24) is 15.5 Å². The minimum absolute atomic E-state index is 0.0599. The number of nitrogens with one attached hydrogen (secondary N) is 2. The van der Waals surface area contributed by atoms with Gasteiger partial charge in [0.25, 0.3) is 0 Å². The number of benzene rings is 2. The molecule has 0 aromatic heterocycles. The highest BCUT2D eigenvalue weighted by Crippen LogP contribution is 2.34. The number of hydrogen-bond donors (Lipinski definition) is 2. The minimum atomic E-state index is -0.795. The van der Waals surface area contributed by atoms with Crippen LogP contribution in [0.15, 0.2) is 48.5 Å². The Bertz CT molecular complexity index is 1040. The molecule has 0 radical (unpaired) electrons. The Morgan fingerprint density at radius 2 is 1.71 bits per heavy atom. The number of nitrogens with zero attached hydrogens (tertiary/aromatic N) is 1. The summed E-state index contributed by atoms with van der Waals surface area (Å²) in [6.07, 6.45) is 1.99. The van der Waals surface area contributed by atoms with Crippen molar-refractivity contribution >= 4 is 17.9 Å². The van der Waals surface area contributed by atoms with Crippen molar-refractivity contribution in [1.29, 1.82) is 0 Å². The first-order chi connectivity index (χ1) is 16.5. The van der Waals surface area contributed by atoms with Crippen molar-refractivity contribution in [2.45, 2.75) is 78.1 Å². The third-order valence-corrected chi connectivity index (χ3v) is 6.10. The summed E-state index contributed by atoms with van der Waals surface area (Å²) >= 11 is 0. The molecular weight excluding hydrogens is 442 g/mol. The fraction of sp³-hybridized carbons (Fsp3) is 0.464. The van der Waals surface area contributed by atoms with Crippen molar-refractivity contribution in [2.75, 3.05) is 6.54 Å². The molecule has 3 amide bonds. The van der Waals surface area contributed by atoms with Crippen molar-refractivity contribution in [3.8, 4) is 0 Å². The molecule has 1 aliphatic rings. The van der Waals surface area contributed by atoms with Gasteiger partial charge in [0.2, 0.25) is 11.8 Å². The monoisotopic (exact) mass is 479 g/mol. The zero-order chi connectivity index (χ0) is 25.6. The molecule has 1 fully saturated rings. The van der Waals surface area contributed by atoms with Crippen LogP contribution in [0.5, 0.6) is 0 Å². The first-order valence-electron chi connectivity index (χ1n) is 12.2. The lowest BCUT2D eigenvalue weighted by Crippen LogP contribution is -2.54. The van der Waals surface area contributed by atoms with Crippen molar-refractivity contribution in [3.63, 3.8) is 0 Å². The highest BCUT2D eigenvalue weighted by molar-refractivity contribution is 5.91. The molecule has 0 heterocycles. The standard InChI is InChI=1S/C28H37N3O4/c1-19-14-15-20(2)23(16-19)25(26(33)29-17-21-10-7-6-8-11-21)31(22-12-9-13-22)24(32)18-30-27(34)35-28(3,4)5/h6-8,10-11,14-16,22,25H,9,12-13,17-18H2,1-5H3,(H,29,33)(H,30,34). The number of hydrogen-bond acceptors (Lipinski definition) is 4. The van der Waals surface area contributed by atoms with E-state index in [1.54, 1.807) is 25.7 Å². The Kier molecular flexibility index (Phi) is 8.54. The number of amides is 3. The largest absolute Gasteiger partial charge is 0.444 e. The van der Waals surface area contributed by atoms with Gasteiger partial charge in [-0.05, 0) is 70.6 Å². The van der Waals surface area contributed by atoms with Gasteiger partial charge in [-0.1, -0.05) is 54.1 Å². The number of alkyl carbamates (subject to hydrolysis) is 1. The molecule has 188 valence electrons. The number of aryl methyl sites for hydroxylation is 2. The normalized spacial score (nSPS) is 14.4. The van der Waals surface area contributed by atoms with Crippen LogP contribution in [0.25, 0.3) is 0 Å². The molecule has 1 unspecified atom stereocenters. The third kappa shape index (κ3) is 7.31. The highest BCUT2D eigenvalue weighted by atomic mass is 16.6. The lowest BCUT2D eigenvalue weighted by atomic mass is 9.87. The maximum absolute atomic E-state index is 13.7. The van der Waals surface area contributed by atoms with Crippen LogP contribution < -0.4 is 10.6 Å². The third-order valence-electron chi connectivity index (χ3n) is 6.10. The summed E-state index contributed by atoms with van der Waals surface area (Å²) in [7, 11) is 0. The van der Waals surface area contributed by atoms with E-state index >= 15 is 0 Å². The minimum Gasteiger partial charge on any atom is -0.444 e. The Morgan fingerprint density at radius 1 is 1.03 bits per heavy atom. The van der Waals surface area contributed by atoms with Crippen LogP contribution in [0.2, 0.25) is 0 Å². The predicted octanol–water partition coefficient (Wildman–Crippen LogP) is 4.57. The van der Waals surface area contributed by atoms with Crippen molar-refractivity contribution < 1.29 is 19.1 Å². The fourth-order valence-corrected chi connectivity index (χ4v) is 4.13. The molecule has 3 rings (SSSR count). The summed E-state index contributed by atoms with van der Waals surface area (Å²) in [5.41, 5.74) is 3.06. The van der Waals surface area contributed by atoms with Crippen LogP contribution >= 0.6 is 0 Å². The first kappa shape index (κ1) is 26.3. The van der Waals surface area contributed by atoms with E-state index in [0.717, 1.165) is 41.5 Å². The molecule has 0 saturated heterocycles. The van der Waals surface area contributed by atoms with Gasteiger partial charge in [-0.3, -0.25) is 9.59 Å². The fourth-order valence-electron chi connectivity index (χ4n) is 4.13. The van der Waals surface area contributed by atoms with Gasteiger partial charge in [-0.15, -0.1) is 0 Å². The molecule has 1 saturated carbocycles. The zero-order valence-electron chi connectivity index (χ0n) is 21.4. The van der Waals surface area contributed by atoms with E-state index in [0.29, 0.717) is 6.54 Å². The Hall–Kier alpha value is -3.35. The van der Waals surface area contributed by atoms with Gasteiger partial charge in [0.05, 0.1) is 0 Å². The summed E-state index contributed by atoms with van der Waals surface area (Å²) in [6, 6.07) is 14.8. The second-order valence-electron chi connectivity index (χ2n) is 10.2. The summed E-state index contributed by atoms with van der Waals surface area (Å²) < 4.78 is 5.28. The van der Waals surface area contributed by atoms with Crippen LogP contribution in [-0.4, -0.2) is 41.0 Å². The number of ether oxygens (including phenoxy) is 1. The number of carbonyl (C=O) groups excluding carboxylic acids is 3. The van der Waals surface area contributed by atoms with E-state index in [1.165, 1.54) is 0 Å². The molecule has 7 heteroatoms. The van der Waals surface area contributed by atoms with E-state index in [1.807, 2.05) is 62.4 Å². The van der Waals surface area contributed by atoms with E-state index in [4.69, 9.17) is 4.74 Å². The molecule has 35 heavy (non-hydrogen) atoms.